The van der Waals surface area contributed by atoms with Crippen LogP contribution in [0.5, 0.6) is 0 Å². The Kier molecular flexibility index (Phi) is 31.6. The van der Waals surface area contributed by atoms with E-state index in [2.05, 4.69) is 18.7 Å². The summed E-state index contributed by atoms with van der Waals surface area (Å²) in [6.07, 6.45) is 26.0. The molecule has 0 aliphatic carbocycles. The third kappa shape index (κ3) is 29.9. The van der Waals surface area contributed by atoms with E-state index >= 15 is 0 Å². The molecule has 0 amide bonds. The third-order valence-electron chi connectivity index (χ3n) is 6.47. The normalized spacial score (nSPS) is 11.7. The molecule has 0 aromatic rings. The first-order valence-corrected chi connectivity index (χ1v) is 15.3. The molecule has 0 aliphatic rings. The summed E-state index contributed by atoms with van der Waals surface area (Å²) in [5.41, 5.74) is 0. The first-order chi connectivity index (χ1) is 17.3. The van der Waals surface area contributed by atoms with E-state index in [0.717, 1.165) is 52.1 Å². The van der Waals surface area contributed by atoms with E-state index in [9.17, 15) is 0 Å². The molecule has 0 unspecified atom stereocenters. The third-order valence-corrected chi connectivity index (χ3v) is 6.47. The summed E-state index contributed by atoms with van der Waals surface area (Å²) in [7, 11) is 1.56. The number of ether oxygens (including phenoxy) is 3. The number of hydrogen-bond donors (Lipinski definition) is 0. The fourth-order valence-corrected chi connectivity index (χ4v) is 4.18. The van der Waals surface area contributed by atoms with Gasteiger partial charge in [-0.05, 0) is 44.9 Å². The van der Waals surface area contributed by atoms with Gasteiger partial charge in [0.15, 0.2) is 6.29 Å². The average Bonchev–Trinajstić information content (AvgIpc) is 2.87. The van der Waals surface area contributed by atoms with Crippen molar-refractivity contribution in [2.75, 3.05) is 40.1 Å². The fourth-order valence-electron chi connectivity index (χ4n) is 4.18. The van der Waals surface area contributed by atoms with Gasteiger partial charge in [0.2, 0.25) is 0 Å². The highest BCUT2D eigenvalue weighted by Crippen LogP contribution is 2.13. The molecule has 0 heterocycles. The van der Waals surface area contributed by atoms with E-state index in [4.69, 9.17) is 19.1 Å². The molecule has 0 N–H and O–H groups in total. The van der Waals surface area contributed by atoms with Crippen molar-refractivity contribution in [1.29, 1.82) is 0 Å². The Hall–Kier alpha value is -0.200. The van der Waals surface area contributed by atoms with Crippen molar-refractivity contribution in [2.45, 2.75) is 155 Å². The number of hydrogen-bond acceptors (Lipinski definition) is 5. The van der Waals surface area contributed by atoms with Gasteiger partial charge in [-0.2, -0.15) is 0 Å². The molecule has 0 rings (SSSR count). The summed E-state index contributed by atoms with van der Waals surface area (Å²) in [5, 5.41) is 0. The molecule has 0 saturated heterocycles. The Morgan fingerprint density at radius 1 is 0.429 bits per heavy atom. The van der Waals surface area contributed by atoms with Crippen LogP contribution in [0.2, 0.25) is 0 Å². The molecule has 0 bridgehead atoms. The first-order valence-electron chi connectivity index (χ1n) is 15.3. The fraction of sp³-hybridized carbons (Fsp3) is 1.00. The van der Waals surface area contributed by atoms with Crippen molar-refractivity contribution in [1.82, 2.24) is 0 Å². The minimum absolute atomic E-state index is 0.00757. The van der Waals surface area contributed by atoms with Crippen molar-refractivity contribution in [2.24, 2.45) is 0 Å². The van der Waals surface area contributed by atoms with E-state index in [0.29, 0.717) is 6.61 Å². The lowest BCUT2D eigenvalue weighted by Crippen LogP contribution is -2.19. The van der Waals surface area contributed by atoms with E-state index in [1.165, 1.54) is 109 Å². The second-order valence-corrected chi connectivity index (χ2v) is 9.92. The molecular weight excluding hydrogens is 440 g/mol. The van der Waals surface area contributed by atoms with Gasteiger partial charge in [0.1, 0.15) is 0 Å². The van der Waals surface area contributed by atoms with Crippen LogP contribution in [0.25, 0.3) is 0 Å². The summed E-state index contributed by atoms with van der Waals surface area (Å²) >= 11 is 0. The monoisotopic (exact) mass is 502 g/mol. The van der Waals surface area contributed by atoms with Crippen molar-refractivity contribution >= 4 is 0 Å². The van der Waals surface area contributed by atoms with Crippen LogP contribution in [0.1, 0.15) is 149 Å². The topological polar surface area (TPSA) is 46.2 Å². The second-order valence-electron chi connectivity index (χ2n) is 9.92. The van der Waals surface area contributed by atoms with Gasteiger partial charge in [0.05, 0.1) is 13.7 Å². The van der Waals surface area contributed by atoms with Gasteiger partial charge in [-0.15, -0.1) is 0 Å². The Balaban J connectivity index is 3.73. The minimum atomic E-state index is -0.00757. The Labute approximate surface area is 219 Å². The largest absolute Gasteiger partial charge is 0.381 e. The number of rotatable bonds is 31. The molecule has 35 heavy (non-hydrogen) atoms. The zero-order valence-electron chi connectivity index (χ0n) is 24.0. The molecule has 0 radical (unpaired) electrons. The molecule has 0 atom stereocenters. The maximum absolute atomic E-state index is 6.15. The Morgan fingerprint density at radius 3 is 1.31 bits per heavy atom. The van der Waals surface area contributed by atoms with Gasteiger partial charge >= 0.3 is 0 Å². The summed E-state index contributed by atoms with van der Waals surface area (Å²) in [6.45, 7) is 8.69. The van der Waals surface area contributed by atoms with E-state index < -0.39 is 0 Å². The van der Waals surface area contributed by atoms with Crippen molar-refractivity contribution in [3.63, 3.8) is 0 Å². The molecule has 0 fully saturated rings. The highest BCUT2D eigenvalue weighted by Gasteiger charge is 2.09. The molecular formula is C30H62O5. The molecule has 0 aromatic heterocycles. The van der Waals surface area contributed by atoms with Gasteiger partial charge < -0.3 is 14.2 Å². The Morgan fingerprint density at radius 2 is 0.829 bits per heavy atom. The van der Waals surface area contributed by atoms with Crippen LogP contribution in [0.4, 0.5) is 0 Å². The highest BCUT2D eigenvalue weighted by atomic mass is 17.2. The summed E-state index contributed by atoms with van der Waals surface area (Å²) in [6, 6.07) is 0. The zero-order valence-corrected chi connectivity index (χ0v) is 24.0. The predicted octanol–water partition coefficient (Wildman–Crippen LogP) is 9.17. The molecule has 5 heteroatoms. The molecule has 0 aromatic carbocycles. The van der Waals surface area contributed by atoms with Gasteiger partial charge in [0, 0.05) is 26.4 Å². The predicted molar refractivity (Wildman–Crippen MR) is 148 cm³/mol. The minimum Gasteiger partial charge on any atom is -0.381 e. The smallest absolute Gasteiger partial charge is 0.157 e. The lowest BCUT2D eigenvalue weighted by atomic mass is 10.1. The molecule has 212 valence electrons. The average molecular weight is 503 g/mol. The molecule has 0 saturated carbocycles. The van der Waals surface area contributed by atoms with Crippen LogP contribution in [-0.2, 0) is 24.0 Å². The second kappa shape index (κ2) is 31.8. The quantitative estimate of drug-likeness (QED) is 0.0409. The van der Waals surface area contributed by atoms with Crippen molar-refractivity contribution in [3.05, 3.63) is 0 Å². The summed E-state index contributed by atoms with van der Waals surface area (Å²) < 4.78 is 18.1. The van der Waals surface area contributed by atoms with E-state index in [1.807, 2.05) is 0 Å². The van der Waals surface area contributed by atoms with Crippen LogP contribution >= 0.6 is 0 Å². The zero-order chi connectivity index (χ0) is 25.5. The summed E-state index contributed by atoms with van der Waals surface area (Å²) in [5.74, 6) is 0. The van der Waals surface area contributed by atoms with Gasteiger partial charge in [-0.1, -0.05) is 104 Å². The van der Waals surface area contributed by atoms with E-state index in [1.54, 1.807) is 7.11 Å². The standard InChI is InChI=1S/C30H62O5/c1-4-6-8-10-13-21-27-33-30(34-28-22-14-11-9-7-5-2)24-18-12-15-19-25-32-26-20-16-17-23-29-35-31-3/h30H,4-29H2,1-3H3. The SMILES string of the molecule is CCCCCCCCOC(CCCCCCOCCCCCCOOC)OCCCCCCCC. The molecule has 5 nitrogen and oxygen atoms in total. The van der Waals surface area contributed by atoms with Gasteiger partial charge in [-0.3, -0.25) is 0 Å². The van der Waals surface area contributed by atoms with Crippen molar-refractivity contribution in [3.8, 4) is 0 Å². The van der Waals surface area contributed by atoms with Crippen molar-refractivity contribution < 1.29 is 24.0 Å². The maximum atomic E-state index is 6.15. The molecule has 0 aliphatic heterocycles. The summed E-state index contributed by atoms with van der Waals surface area (Å²) in [4.78, 5) is 9.46. The lowest BCUT2D eigenvalue weighted by molar-refractivity contribution is -0.272. The molecule has 0 spiro atoms. The van der Waals surface area contributed by atoms with Crippen LogP contribution in [0.3, 0.4) is 0 Å². The van der Waals surface area contributed by atoms with Crippen LogP contribution in [-0.4, -0.2) is 46.4 Å². The van der Waals surface area contributed by atoms with Crippen LogP contribution in [0.15, 0.2) is 0 Å². The number of unbranched alkanes of at least 4 members (excludes halogenated alkanes) is 16. The first kappa shape index (κ1) is 34.8. The maximum Gasteiger partial charge on any atom is 0.157 e. The Bertz CT molecular complexity index is 349. The van der Waals surface area contributed by atoms with Crippen LogP contribution in [0, 0.1) is 0 Å². The van der Waals surface area contributed by atoms with Crippen LogP contribution < -0.4 is 0 Å². The van der Waals surface area contributed by atoms with Gasteiger partial charge in [-0.25, -0.2) is 9.78 Å². The highest BCUT2D eigenvalue weighted by molar-refractivity contribution is 4.52. The van der Waals surface area contributed by atoms with E-state index in [-0.39, 0.29) is 6.29 Å². The van der Waals surface area contributed by atoms with Gasteiger partial charge in [0.25, 0.3) is 0 Å². The lowest BCUT2D eigenvalue weighted by Gasteiger charge is -2.19.